The molecular formula is C52H60FN5O8. The Balaban J connectivity index is 1.21. The van der Waals surface area contributed by atoms with Gasteiger partial charge in [-0.3, -0.25) is 19.4 Å². The molecular weight excluding hydrogens is 842 g/mol. The number of ether oxygens (including phenoxy) is 4. The van der Waals surface area contributed by atoms with Gasteiger partial charge >= 0.3 is 18.0 Å². The van der Waals surface area contributed by atoms with Gasteiger partial charge in [0.05, 0.1) is 26.8 Å². The van der Waals surface area contributed by atoms with Crippen LogP contribution in [0.1, 0.15) is 68.8 Å². The molecule has 2 bridgehead atoms. The summed E-state index contributed by atoms with van der Waals surface area (Å²) in [6.45, 7) is 9.08. The molecule has 3 aromatic carbocycles. The Morgan fingerprint density at radius 1 is 1.02 bits per heavy atom. The summed E-state index contributed by atoms with van der Waals surface area (Å²) >= 11 is 0. The number of methoxy groups -OCH3 is 2. The fourth-order valence-corrected chi connectivity index (χ4v) is 13.9. The van der Waals surface area contributed by atoms with Crippen molar-refractivity contribution in [3.63, 3.8) is 0 Å². The molecule has 1 amide bonds. The zero-order valence-electron chi connectivity index (χ0n) is 38.6. The molecule has 4 aromatic rings. The number of hydrogen-bond acceptors (Lipinski definition) is 11. The van der Waals surface area contributed by atoms with Gasteiger partial charge in [-0.1, -0.05) is 55.8 Å². The number of halogens is 1. The lowest BCUT2D eigenvalue weighted by Crippen LogP contribution is -2.81. The lowest BCUT2D eigenvalue weighted by atomic mass is 9.47. The van der Waals surface area contributed by atoms with E-state index in [1.165, 1.54) is 43.9 Å². The number of carbonyl (C=O) groups excluding carboxylic acids is 3. The molecule has 1 aliphatic carbocycles. The number of aliphatic hydroxyl groups is 1. The normalized spacial score (nSPS) is 31.8. The summed E-state index contributed by atoms with van der Waals surface area (Å²) in [5, 5.41) is 17.8. The first-order valence-corrected chi connectivity index (χ1v) is 23.4. The van der Waals surface area contributed by atoms with Crippen LogP contribution in [0, 0.1) is 17.2 Å². The Morgan fingerprint density at radius 2 is 1.80 bits per heavy atom. The molecule has 0 radical (unpaired) electrons. The van der Waals surface area contributed by atoms with E-state index in [-0.39, 0.29) is 24.3 Å². The third-order valence-corrected chi connectivity index (χ3v) is 16.2. The number of nitrogens with zero attached hydrogens (tertiary/aromatic N) is 3. The standard InChI is InChI=1S/C52H60FN5O8/c1-7-32-24-33-27-51(47(60)64-6,43-37(18-22-57(28-32)29-33)36-12-9-10-13-40(36)55-43)39-25-38-41(26-42(39)63-5)56(4)45-50(38)20-23-58-21-11-19-49(8-2,44(50)58)46(65-31(3)59)52(45,62)30-54-48(61)66-35-16-14-34(53)15-17-35/h9-17,19,24-26,33,44-46,55,62H,7-8,18,20-23,27-30H2,1-6H3,(H,54,61)/t33-,44-,45+,46+,49+,50+,51-,52-/m0/s1. The number of H-pyrrole nitrogens is 1. The summed E-state index contributed by atoms with van der Waals surface area (Å²) in [7, 11) is 5.03. The predicted molar refractivity (Wildman–Crippen MR) is 247 cm³/mol. The second-order valence-corrected chi connectivity index (χ2v) is 19.4. The smallest absolute Gasteiger partial charge is 0.412 e. The lowest BCUT2D eigenvalue weighted by molar-refractivity contribution is -0.216. The van der Waals surface area contributed by atoms with E-state index in [1.54, 1.807) is 7.11 Å². The molecule has 3 N–H and O–H groups in total. The summed E-state index contributed by atoms with van der Waals surface area (Å²) in [5.41, 5.74) is 1.51. The Hall–Kier alpha value is -5.70. The first-order chi connectivity index (χ1) is 31.8. The molecule has 2 fully saturated rings. The minimum Gasteiger partial charge on any atom is -0.496 e. The van der Waals surface area contributed by atoms with Gasteiger partial charge < -0.3 is 39.3 Å². The molecule has 13 nitrogen and oxygen atoms in total. The average Bonchev–Trinajstić information content (AvgIpc) is 3.98. The van der Waals surface area contributed by atoms with Gasteiger partial charge in [0.25, 0.3) is 0 Å². The van der Waals surface area contributed by atoms with E-state index in [4.69, 9.17) is 18.9 Å². The minimum absolute atomic E-state index is 0.0000900. The summed E-state index contributed by atoms with van der Waals surface area (Å²) in [5.74, 6) is -0.808. The van der Waals surface area contributed by atoms with E-state index in [0.29, 0.717) is 50.1 Å². The van der Waals surface area contributed by atoms with Crippen LogP contribution < -0.4 is 19.7 Å². The monoisotopic (exact) mass is 901 g/mol. The Morgan fingerprint density at radius 3 is 2.53 bits per heavy atom. The molecule has 1 saturated carbocycles. The number of para-hydroxylation sites is 1. The molecule has 14 heteroatoms. The second kappa shape index (κ2) is 16.3. The summed E-state index contributed by atoms with van der Waals surface area (Å²) in [6, 6.07) is 16.5. The van der Waals surface area contributed by atoms with Gasteiger partial charge in [-0.05, 0) is 92.1 Å². The van der Waals surface area contributed by atoms with Gasteiger partial charge in [0.1, 0.15) is 34.4 Å². The van der Waals surface area contributed by atoms with E-state index in [9.17, 15) is 19.1 Å². The Labute approximate surface area is 384 Å². The number of amides is 1. The zero-order valence-corrected chi connectivity index (χ0v) is 38.6. The number of carbonyl (C=O) groups is 3. The fraction of sp³-hybridized carbons (Fsp3) is 0.481. The van der Waals surface area contributed by atoms with Crippen molar-refractivity contribution in [1.29, 1.82) is 0 Å². The van der Waals surface area contributed by atoms with E-state index in [1.807, 2.05) is 25.2 Å². The van der Waals surface area contributed by atoms with Crippen LogP contribution >= 0.6 is 0 Å². The van der Waals surface area contributed by atoms with Crippen LogP contribution in [-0.4, -0.2) is 122 Å². The molecule has 6 heterocycles. The maximum absolute atomic E-state index is 15.4. The lowest BCUT2D eigenvalue weighted by Gasteiger charge is -2.64. The van der Waals surface area contributed by atoms with Crippen molar-refractivity contribution in [2.75, 3.05) is 65.4 Å². The van der Waals surface area contributed by atoms with E-state index < -0.39 is 57.8 Å². The van der Waals surface area contributed by atoms with Crippen molar-refractivity contribution in [3.8, 4) is 11.5 Å². The molecule has 6 aliphatic rings. The molecule has 5 aliphatic heterocycles. The van der Waals surface area contributed by atoms with Crippen LogP contribution in [0.2, 0.25) is 0 Å². The van der Waals surface area contributed by atoms with E-state index in [0.717, 1.165) is 59.5 Å². The van der Waals surface area contributed by atoms with Crippen molar-refractivity contribution in [3.05, 3.63) is 113 Å². The summed E-state index contributed by atoms with van der Waals surface area (Å²) in [6.07, 6.45) is 7.76. The maximum atomic E-state index is 15.4. The number of fused-ring (bicyclic) bond motifs is 6. The zero-order chi connectivity index (χ0) is 46.3. The van der Waals surface area contributed by atoms with Crippen molar-refractivity contribution < 1.29 is 42.8 Å². The van der Waals surface area contributed by atoms with Gasteiger partial charge in [0, 0.05) is 90.9 Å². The molecule has 1 aromatic heterocycles. The maximum Gasteiger partial charge on any atom is 0.412 e. The quantitative estimate of drug-likeness (QED) is 0.124. The van der Waals surface area contributed by atoms with Crippen LogP contribution in [0.5, 0.6) is 11.5 Å². The van der Waals surface area contributed by atoms with Crippen LogP contribution in [0.3, 0.4) is 0 Å². The number of benzene rings is 3. The van der Waals surface area contributed by atoms with Crippen molar-refractivity contribution in [1.82, 2.24) is 20.1 Å². The number of rotatable bonds is 9. The highest BCUT2D eigenvalue weighted by Gasteiger charge is 2.78. The third-order valence-electron chi connectivity index (χ3n) is 16.2. The molecule has 1 saturated heterocycles. The highest BCUT2D eigenvalue weighted by Crippen LogP contribution is 2.68. The number of likely N-dealkylation sites (N-methyl/N-ethyl adjacent to an activating group) is 1. The van der Waals surface area contributed by atoms with Gasteiger partial charge in [-0.2, -0.15) is 0 Å². The topological polar surface area (TPSA) is 146 Å². The molecule has 66 heavy (non-hydrogen) atoms. The SMILES string of the molecule is CCC1=C[C@@H]2CN(CCc3c([nH]c4ccccc34)[C@@](C(=O)OC)(c3cc4c(cc3OC)N(C)[C@H]3[C@@](O)(CNC(=O)Oc5ccc(F)cc5)[C@H](OC(C)=O)[C@]5(CC)C=CCN6CC[C@]43[C@@H]65)C2)C1. The highest BCUT2D eigenvalue weighted by molar-refractivity contribution is 5.94. The van der Waals surface area contributed by atoms with Crippen LogP contribution in [0.15, 0.2) is 84.5 Å². The van der Waals surface area contributed by atoms with Crippen molar-refractivity contribution >= 4 is 34.6 Å². The van der Waals surface area contributed by atoms with Crippen molar-refractivity contribution in [2.24, 2.45) is 11.3 Å². The van der Waals surface area contributed by atoms with Gasteiger partial charge in [-0.15, -0.1) is 0 Å². The Bertz CT molecular complexity index is 2670. The number of anilines is 1. The van der Waals surface area contributed by atoms with Gasteiger partial charge in [-0.25, -0.2) is 9.18 Å². The van der Waals surface area contributed by atoms with Crippen LogP contribution in [0.25, 0.3) is 10.9 Å². The molecule has 1 unspecified atom stereocenters. The van der Waals surface area contributed by atoms with E-state index in [2.05, 4.69) is 75.3 Å². The average molecular weight is 902 g/mol. The Kier molecular flexibility index (Phi) is 10.9. The van der Waals surface area contributed by atoms with Crippen molar-refractivity contribution in [2.45, 2.75) is 87.5 Å². The number of nitrogens with one attached hydrogen (secondary N) is 2. The van der Waals surface area contributed by atoms with E-state index >= 15 is 4.79 Å². The first-order valence-electron chi connectivity index (χ1n) is 23.4. The predicted octanol–water partition coefficient (Wildman–Crippen LogP) is 6.55. The van der Waals surface area contributed by atoms with Crippen LogP contribution in [-0.2, 0) is 36.3 Å². The van der Waals surface area contributed by atoms with Gasteiger partial charge in [0.15, 0.2) is 0 Å². The summed E-state index contributed by atoms with van der Waals surface area (Å²) < 4.78 is 38.2. The third kappa shape index (κ3) is 6.37. The van der Waals surface area contributed by atoms with Crippen LogP contribution in [0.4, 0.5) is 14.9 Å². The fourth-order valence-electron chi connectivity index (χ4n) is 13.9. The number of aromatic nitrogens is 1. The minimum atomic E-state index is -1.92. The summed E-state index contributed by atoms with van der Waals surface area (Å²) in [4.78, 5) is 53.2. The number of aromatic amines is 1. The first kappa shape index (κ1) is 44.2. The number of esters is 2. The molecule has 348 valence electrons. The largest absolute Gasteiger partial charge is 0.496 e. The molecule has 1 spiro atoms. The molecule has 9 atom stereocenters. The number of hydrogen-bond donors (Lipinski definition) is 3. The second-order valence-electron chi connectivity index (χ2n) is 19.4. The van der Waals surface area contributed by atoms with Gasteiger partial charge in [0.2, 0.25) is 0 Å². The highest BCUT2D eigenvalue weighted by atomic mass is 19.1. The molecule has 10 rings (SSSR count).